The fraction of sp³-hybridized carbons (Fsp3) is 0.929. The fourth-order valence-corrected chi connectivity index (χ4v) is 2.89. The zero-order valence-corrected chi connectivity index (χ0v) is 12.7. The highest BCUT2D eigenvalue weighted by molar-refractivity contribution is 9.09. The van der Waals surface area contributed by atoms with Crippen LogP contribution in [-0.4, -0.2) is 28.7 Å². The summed E-state index contributed by atoms with van der Waals surface area (Å²) in [5.74, 6) is 0.362. The van der Waals surface area contributed by atoms with Gasteiger partial charge in [0, 0.05) is 24.3 Å². The van der Waals surface area contributed by atoms with Crippen molar-refractivity contribution in [2.75, 3.05) is 13.1 Å². The summed E-state index contributed by atoms with van der Waals surface area (Å²) in [6, 6.07) is 0. The minimum atomic E-state index is 0.362. The van der Waals surface area contributed by atoms with E-state index in [-0.39, 0.29) is 0 Å². The molecular formula is C14H26BrNO. The van der Waals surface area contributed by atoms with Crippen LogP contribution in [0, 0.1) is 0 Å². The van der Waals surface area contributed by atoms with Crippen LogP contribution in [0.3, 0.4) is 0 Å². The second-order valence-electron chi connectivity index (χ2n) is 5.10. The van der Waals surface area contributed by atoms with Crippen LogP contribution in [0.4, 0.5) is 0 Å². The number of carbonyl (C=O) groups is 1. The number of carbonyl (C=O) groups excluding carboxylic acids is 1. The number of likely N-dealkylation sites (tertiary alicyclic amines) is 1. The van der Waals surface area contributed by atoms with Crippen molar-refractivity contribution in [3.63, 3.8) is 0 Å². The quantitative estimate of drug-likeness (QED) is 0.488. The summed E-state index contributed by atoms with van der Waals surface area (Å²) >= 11 is 3.57. The molecule has 1 amide bonds. The lowest BCUT2D eigenvalue weighted by Gasteiger charge is -2.15. The van der Waals surface area contributed by atoms with Gasteiger partial charge in [-0.25, -0.2) is 0 Å². The summed E-state index contributed by atoms with van der Waals surface area (Å²) in [5, 5.41) is 0. The van der Waals surface area contributed by atoms with Gasteiger partial charge in [0.15, 0.2) is 0 Å². The summed E-state index contributed by atoms with van der Waals surface area (Å²) in [6.45, 7) is 4.10. The number of unbranched alkanes of at least 4 members (excludes halogenated alkanes) is 6. The fourth-order valence-electron chi connectivity index (χ4n) is 2.34. The van der Waals surface area contributed by atoms with Gasteiger partial charge >= 0.3 is 0 Å². The Labute approximate surface area is 114 Å². The van der Waals surface area contributed by atoms with Crippen molar-refractivity contribution >= 4 is 21.8 Å². The summed E-state index contributed by atoms with van der Waals surface area (Å²) in [7, 11) is 0. The zero-order chi connectivity index (χ0) is 12.5. The van der Waals surface area contributed by atoms with Crippen LogP contribution < -0.4 is 0 Å². The highest BCUT2D eigenvalue weighted by atomic mass is 79.9. The van der Waals surface area contributed by atoms with Crippen LogP contribution in [0.2, 0.25) is 0 Å². The molecule has 1 aliphatic rings. The molecule has 1 heterocycles. The molecule has 1 rings (SSSR count). The van der Waals surface area contributed by atoms with Gasteiger partial charge in [0.1, 0.15) is 0 Å². The van der Waals surface area contributed by atoms with Crippen molar-refractivity contribution in [1.29, 1.82) is 0 Å². The van der Waals surface area contributed by atoms with Crippen LogP contribution in [-0.2, 0) is 4.79 Å². The highest BCUT2D eigenvalue weighted by Gasteiger charge is 2.23. The Balaban J connectivity index is 1.93. The Morgan fingerprint density at radius 1 is 1.18 bits per heavy atom. The Kier molecular flexibility index (Phi) is 7.91. The van der Waals surface area contributed by atoms with Crippen LogP contribution >= 0.6 is 15.9 Å². The SMILES string of the molecule is CCCCCCCCCC(=O)N1CCC(Br)C1. The molecule has 3 heteroatoms. The van der Waals surface area contributed by atoms with Crippen molar-refractivity contribution in [3.05, 3.63) is 0 Å². The normalized spacial score (nSPS) is 19.9. The smallest absolute Gasteiger partial charge is 0.222 e. The van der Waals surface area contributed by atoms with Gasteiger partial charge in [0.05, 0.1) is 0 Å². The third-order valence-corrected chi connectivity index (χ3v) is 4.23. The number of hydrogen-bond acceptors (Lipinski definition) is 1. The maximum Gasteiger partial charge on any atom is 0.222 e. The van der Waals surface area contributed by atoms with Crippen molar-refractivity contribution in [2.24, 2.45) is 0 Å². The molecule has 2 nitrogen and oxygen atoms in total. The zero-order valence-electron chi connectivity index (χ0n) is 11.1. The molecule has 0 aromatic heterocycles. The van der Waals surface area contributed by atoms with Gasteiger partial charge in [-0.2, -0.15) is 0 Å². The first-order valence-electron chi connectivity index (χ1n) is 7.16. The molecule has 0 aromatic carbocycles. The van der Waals surface area contributed by atoms with Crippen LogP contribution in [0.5, 0.6) is 0 Å². The monoisotopic (exact) mass is 303 g/mol. The van der Waals surface area contributed by atoms with E-state index in [4.69, 9.17) is 0 Å². The molecule has 1 atom stereocenters. The first-order valence-corrected chi connectivity index (χ1v) is 8.07. The number of alkyl halides is 1. The topological polar surface area (TPSA) is 20.3 Å². The van der Waals surface area contributed by atoms with E-state index in [9.17, 15) is 4.79 Å². The van der Waals surface area contributed by atoms with E-state index in [1.807, 2.05) is 4.90 Å². The molecule has 0 aromatic rings. The molecule has 1 fully saturated rings. The number of rotatable bonds is 8. The van der Waals surface area contributed by atoms with Crippen molar-refractivity contribution in [2.45, 2.75) is 69.5 Å². The maximum absolute atomic E-state index is 11.8. The Morgan fingerprint density at radius 2 is 1.82 bits per heavy atom. The van der Waals surface area contributed by atoms with Crippen molar-refractivity contribution < 1.29 is 4.79 Å². The lowest BCUT2D eigenvalue weighted by atomic mass is 10.1. The van der Waals surface area contributed by atoms with E-state index in [2.05, 4.69) is 22.9 Å². The second kappa shape index (κ2) is 8.96. The van der Waals surface area contributed by atoms with Gasteiger partial charge < -0.3 is 4.90 Å². The second-order valence-corrected chi connectivity index (χ2v) is 6.39. The molecule has 0 saturated carbocycles. The molecular weight excluding hydrogens is 278 g/mol. The van der Waals surface area contributed by atoms with Crippen LogP contribution in [0.25, 0.3) is 0 Å². The molecule has 17 heavy (non-hydrogen) atoms. The summed E-state index contributed by atoms with van der Waals surface area (Å²) in [4.78, 5) is 14.4. The maximum atomic E-state index is 11.8. The van der Waals surface area contributed by atoms with E-state index < -0.39 is 0 Å². The van der Waals surface area contributed by atoms with E-state index in [0.29, 0.717) is 10.7 Å². The Morgan fingerprint density at radius 3 is 2.41 bits per heavy atom. The minimum Gasteiger partial charge on any atom is -0.342 e. The van der Waals surface area contributed by atoms with E-state index in [1.165, 1.54) is 38.5 Å². The number of halogens is 1. The Hall–Kier alpha value is -0.0500. The lowest BCUT2D eigenvalue weighted by Crippen LogP contribution is -2.28. The average Bonchev–Trinajstić information content (AvgIpc) is 2.74. The third-order valence-electron chi connectivity index (χ3n) is 3.48. The van der Waals surface area contributed by atoms with Gasteiger partial charge in [-0.1, -0.05) is 61.4 Å². The van der Waals surface area contributed by atoms with Gasteiger partial charge in [-0.15, -0.1) is 0 Å². The summed E-state index contributed by atoms with van der Waals surface area (Å²) in [6.07, 6.45) is 10.8. The largest absolute Gasteiger partial charge is 0.342 e. The van der Waals surface area contributed by atoms with Gasteiger partial charge in [-0.3, -0.25) is 4.79 Å². The summed E-state index contributed by atoms with van der Waals surface area (Å²) < 4.78 is 0. The van der Waals surface area contributed by atoms with E-state index in [1.54, 1.807) is 0 Å². The van der Waals surface area contributed by atoms with Gasteiger partial charge in [0.2, 0.25) is 5.91 Å². The molecule has 1 saturated heterocycles. The first-order chi connectivity index (χ1) is 8.24. The Bertz CT molecular complexity index is 220. The lowest BCUT2D eigenvalue weighted by molar-refractivity contribution is -0.130. The van der Waals surface area contributed by atoms with Crippen molar-refractivity contribution in [1.82, 2.24) is 4.90 Å². The van der Waals surface area contributed by atoms with E-state index >= 15 is 0 Å². The summed E-state index contributed by atoms with van der Waals surface area (Å²) in [5.41, 5.74) is 0. The molecule has 0 spiro atoms. The molecule has 0 N–H and O–H groups in total. The van der Waals surface area contributed by atoms with Gasteiger partial charge in [-0.05, 0) is 12.8 Å². The molecule has 0 radical (unpaired) electrons. The van der Waals surface area contributed by atoms with Crippen LogP contribution in [0.1, 0.15) is 64.7 Å². The molecule has 1 unspecified atom stereocenters. The van der Waals surface area contributed by atoms with Gasteiger partial charge in [0.25, 0.3) is 0 Å². The average molecular weight is 304 g/mol. The highest BCUT2D eigenvalue weighted by Crippen LogP contribution is 2.18. The predicted octanol–water partition coefficient (Wildman–Crippen LogP) is 4.12. The number of nitrogens with zero attached hydrogens (tertiary/aromatic N) is 1. The van der Waals surface area contributed by atoms with E-state index in [0.717, 1.165) is 32.4 Å². The molecule has 0 bridgehead atoms. The molecule has 1 aliphatic heterocycles. The van der Waals surface area contributed by atoms with Crippen molar-refractivity contribution in [3.8, 4) is 0 Å². The third kappa shape index (κ3) is 6.44. The number of hydrogen-bond donors (Lipinski definition) is 0. The van der Waals surface area contributed by atoms with Crippen LogP contribution in [0.15, 0.2) is 0 Å². The predicted molar refractivity (Wildman–Crippen MR) is 76.5 cm³/mol. The number of amides is 1. The minimum absolute atomic E-state index is 0.362. The first kappa shape index (κ1) is 15.0. The molecule has 100 valence electrons. The molecule has 0 aliphatic carbocycles. The standard InChI is InChI=1S/C14H26BrNO/c1-2-3-4-5-6-7-8-9-14(17)16-11-10-13(15)12-16/h13H,2-12H2,1H3.